The molecule has 1 N–H and O–H groups in total. The number of hydrogen-bond donors (Lipinski definition) is 1. The van der Waals surface area contributed by atoms with E-state index in [0.717, 1.165) is 32.5 Å². The maximum absolute atomic E-state index is 5.92. The van der Waals surface area contributed by atoms with E-state index in [1.807, 2.05) is 24.3 Å². The van der Waals surface area contributed by atoms with E-state index in [9.17, 15) is 0 Å². The van der Waals surface area contributed by atoms with E-state index in [-0.39, 0.29) is 0 Å². The zero-order chi connectivity index (χ0) is 15.2. The van der Waals surface area contributed by atoms with Crippen LogP contribution in [0.3, 0.4) is 0 Å². The van der Waals surface area contributed by atoms with E-state index in [1.165, 1.54) is 5.56 Å². The number of halogens is 2. The number of benzene rings is 1. The average molecular weight is 389 g/mol. The second-order valence-electron chi connectivity index (χ2n) is 5.27. The quantitative estimate of drug-likeness (QED) is 0.677. The van der Waals surface area contributed by atoms with Crippen molar-refractivity contribution in [3.8, 4) is 5.75 Å². The molecule has 0 amide bonds. The molecule has 0 unspecified atom stereocenters. The summed E-state index contributed by atoms with van der Waals surface area (Å²) in [6.07, 6.45) is 0. The summed E-state index contributed by atoms with van der Waals surface area (Å²) in [7, 11) is 0. The van der Waals surface area contributed by atoms with Gasteiger partial charge in [-0.3, -0.25) is 0 Å². The van der Waals surface area contributed by atoms with Gasteiger partial charge in [0.25, 0.3) is 0 Å². The largest absolute Gasteiger partial charge is 0.488 e. The van der Waals surface area contributed by atoms with Gasteiger partial charge in [0, 0.05) is 15.9 Å². The minimum atomic E-state index is 0.553. The normalized spacial score (nSPS) is 11.1. The van der Waals surface area contributed by atoms with Gasteiger partial charge in [0.2, 0.25) is 0 Å². The molecule has 0 aliphatic heterocycles. The molecular weight excluding hydrogens is 370 g/mol. The summed E-state index contributed by atoms with van der Waals surface area (Å²) in [6.45, 7) is 6.80. The SMILES string of the molecule is CC(C)CNCc1cc(OCc2ccc(Cl)s2)ccc1Br. The van der Waals surface area contributed by atoms with Crippen LogP contribution >= 0.6 is 38.9 Å². The lowest BCUT2D eigenvalue weighted by atomic mass is 10.2. The minimum Gasteiger partial charge on any atom is -0.488 e. The van der Waals surface area contributed by atoms with Crippen molar-refractivity contribution in [1.82, 2.24) is 5.32 Å². The van der Waals surface area contributed by atoms with Crippen LogP contribution in [0.25, 0.3) is 0 Å². The molecule has 0 bridgehead atoms. The first-order valence-electron chi connectivity index (χ1n) is 6.90. The highest BCUT2D eigenvalue weighted by molar-refractivity contribution is 9.10. The van der Waals surface area contributed by atoms with Gasteiger partial charge >= 0.3 is 0 Å². The molecule has 5 heteroatoms. The third kappa shape index (κ3) is 5.62. The van der Waals surface area contributed by atoms with Crippen molar-refractivity contribution in [2.75, 3.05) is 6.54 Å². The molecule has 21 heavy (non-hydrogen) atoms. The lowest BCUT2D eigenvalue weighted by molar-refractivity contribution is 0.309. The molecule has 1 heterocycles. The van der Waals surface area contributed by atoms with E-state index < -0.39 is 0 Å². The Bertz CT molecular complexity index is 585. The summed E-state index contributed by atoms with van der Waals surface area (Å²) in [5.41, 5.74) is 1.21. The van der Waals surface area contributed by atoms with Crippen molar-refractivity contribution < 1.29 is 4.74 Å². The van der Waals surface area contributed by atoms with Gasteiger partial charge in [-0.15, -0.1) is 11.3 Å². The third-order valence-electron chi connectivity index (χ3n) is 2.90. The van der Waals surface area contributed by atoms with Gasteiger partial charge < -0.3 is 10.1 Å². The van der Waals surface area contributed by atoms with E-state index in [4.69, 9.17) is 16.3 Å². The van der Waals surface area contributed by atoms with Gasteiger partial charge in [0.1, 0.15) is 12.4 Å². The molecule has 0 radical (unpaired) electrons. The van der Waals surface area contributed by atoms with Crippen LogP contribution in [0.1, 0.15) is 24.3 Å². The summed E-state index contributed by atoms with van der Waals surface area (Å²) in [4.78, 5) is 1.13. The topological polar surface area (TPSA) is 21.3 Å². The van der Waals surface area contributed by atoms with Gasteiger partial charge in [-0.25, -0.2) is 0 Å². The van der Waals surface area contributed by atoms with Crippen molar-refractivity contribution in [3.63, 3.8) is 0 Å². The van der Waals surface area contributed by atoms with Gasteiger partial charge in [-0.2, -0.15) is 0 Å². The van der Waals surface area contributed by atoms with E-state index in [2.05, 4.69) is 41.2 Å². The lowest BCUT2D eigenvalue weighted by Gasteiger charge is -2.11. The third-order valence-corrected chi connectivity index (χ3v) is 4.87. The van der Waals surface area contributed by atoms with Gasteiger partial charge in [-0.1, -0.05) is 41.4 Å². The van der Waals surface area contributed by atoms with Crippen LogP contribution < -0.4 is 10.1 Å². The molecule has 1 aromatic carbocycles. The zero-order valence-corrected chi connectivity index (χ0v) is 15.3. The first-order chi connectivity index (χ1) is 10.0. The zero-order valence-electron chi connectivity index (χ0n) is 12.2. The number of thiophene rings is 1. The summed E-state index contributed by atoms with van der Waals surface area (Å²) in [5, 5.41) is 3.45. The summed E-state index contributed by atoms with van der Waals surface area (Å²) in [5.74, 6) is 1.52. The van der Waals surface area contributed by atoms with Gasteiger partial charge in [-0.05, 0) is 48.4 Å². The first-order valence-corrected chi connectivity index (χ1v) is 8.89. The van der Waals surface area contributed by atoms with Crippen LogP contribution in [-0.2, 0) is 13.2 Å². The van der Waals surface area contributed by atoms with Gasteiger partial charge in [0.15, 0.2) is 0 Å². The van der Waals surface area contributed by atoms with Crippen LogP contribution in [0, 0.1) is 5.92 Å². The highest BCUT2D eigenvalue weighted by Gasteiger charge is 2.05. The molecule has 0 saturated carbocycles. The maximum atomic E-state index is 5.92. The van der Waals surface area contributed by atoms with Crippen LogP contribution in [0.15, 0.2) is 34.8 Å². The van der Waals surface area contributed by atoms with Crippen molar-refractivity contribution in [2.45, 2.75) is 27.0 Å². The molecule has 114 valence electrons. The highest BCUT2D eigenvalue weighted by atomic mass is 79.9. The fourth-order valence-electron chi connectivity index (χ4n) is 1.86. The summed E-state index contributed by atoms with van der Waals surface area (Å²) >= 11 is 11.1. The molecule has 0 saturated heterocycles. The Kier molecular flexibility index (Phi) is 6.55. The fourth-order valence-corrected chi connectivity index (χ4v) is 3.24. The Hall–Kier alpha value is -0.550. The number of nitrogens with one attached hydrogen (secondary N) is 1. The Morgan fingerprint density at radius 3 is 2.76 bits per heavy atom. The van der Waals surface area contributed by atoms with Gasteiger partial charge in [0.05, 0.1) is 4.34 Å². The van der Waals surface area contributed by atoms with E-state index >= 15 is 0 Å². The standard InChI is InChI=1S/C16H19BrClNOS/c1-11(2)8-19-9-12-7-13(3-5-15(12)17)20-10-14-4-6-16(18)21-14/h3-7,11,19H,8-10H2,1-2H3. The number of hydrogen-bond acceptors (Lipinski definition) is 3. The van der Waals surface area contributed by atoms with Crippen molar-refractivity contribution in [2.24, 2.45) is 5.92 Å². The molecule has 0 aliphatic carbocycles. The molecule has 0 aliphatic rings. The Balaban J connectivity index is 1.94. The highest BCUT2D eigenvalue weighted by Crippen LogP contribution is 2.26. The predicted molar refractivity (Wildman–Crippen MR) is 94.3 cm³/mol. The Morgan fingerprint density at radius 1 is 1.29 bits per heavy atom. The van der Waals surface area contributed by atoms with Crippen LogP contribution in [-0.4, -0.2) is 6.54 Å². The maximum Gasteiger partial charge on any atom is 0.122 e. The van der Waals surface area contributed by atoms with Crippen molar-refractivity contribution >= 4 is 38.9 Å². The van der Waals surface area contributed by atoms with Crippen LogP contribution in [0.5, 0.6) is 5.75 Å². The number of ether oxygens (including phenoxy) is 1. The van der Waals surface area contributed by atoms with E-state index in [0.29, 0.717) is 12.5 Å². The van der Waals surface area contributed by atoms with Crippen molar-refractivity contribution in [3.05, 3.63) is 49.6 Å². The predicted octanol–water partition coefficient (Wildman–Crippen LogP) is 5.49. The molecule has 0 fully saturated rings. The molecule has 2 rings (SSSR count). The molecule has 0 atom stereocenters. The molecule has 0 spiro atoms. The molecule has 2 aromatic rings. The second-order valence-corrected chi connectivity index (χ2v) is 7.93. The lowest BCUT2D eigenvalue weighted by Crippen LogP contribution is -2.19. The monoisotopic (exact) mass is 387 g/mol. The van der Waals surface area contributed by atoms with Crippen molar-refractivity contribution in [1.29, 1.82) is 0 Å². The Morgan fingerprint density at radius 2 is 2.10 bits per heavy atom. The number of rotatable bonds is 7. The molecular formula is C16H19BrClNOS. The fraction of sp³-hybridized carbons (Fsp3) is 0.375. The summed E-state index contributed by atoms with van der Waals surface area (Å²) in [6, 6.07) is 9.98. The molecule has 2 nitrogen and oxygen atoms in total. The first kappa shape index (κ1) is 16.8. The average Bonchev–Trinajstić information content (AvgIpc) is 2.85. The smallest absolute Gasteiger partial charge is 0.122 e. The van der Waals surface area contributed by atoms with Crippen LogP contribution in [0.2, 0.25) is 4.34 Å². The summed E-state index contributed by atoms with van der Waals surface area (Å²) < 4.78 is 7.73. The molecule has 1 aromatic heterocycles. The van der Waals surface area contributed by atoms with Crippen LogP contribution in [0.4, 0.5) is 0 Å². The minimum absolute atomic E-state index is 0.553. The Labute approximate surface area is 143 Å². The second kappa shape index (κ2) is 8.18. The van der Waals surface area contributed by atoms with E-state index in [1.54, 1.807) is 11.3 Å².